The molecule has 2 saturated carbocycles. The molecule has 5 rings (SSSR count). The Kier molecular flexibility index (Phi) is 6.71. The monoisotopic (exact) mass is 452 g/mol. The minimum absolute atomic E-state index is 0.0666. The molecule has 1 N–H and O–H groups in total. The van der Waals surface area contributed by atoms with Crippen LogP contribution in [0.15, 0.2) is 42.5 Å². The molecule has 1 aromatic heterocycles. The highest BCUT2D eigenvalue weighted by Gasteiger charge is 2.51. The van der Waals surface area contributed by atoms with Crippen LogP contribution in [0.4, 0.5) is 0 Å². The van der Waals surface area contributed by atoms with Crippen LogP contribution < -0.4 is 4.90 Å². The summed E-state index contributed by atoms with van der Waals surface area (Å²) < 4.78 is 6.33. The number of fused-ring (bicyclic) bond motifs is 1. The lowest BCUT2D eigenvalue weighted by molar-refractivity contribution is -0.912. The summed E-state index contributed by atoms with van der Waals surface area (Å²) in [5.41, 5.74) is 0.749. The fraction of sp³-hybridized carbons (Fsp3) is 0.607. The van der Waals surface area contributed by atoms with Crippen molar-refractivity contribution in [2.24, 2.45) is 11.8 Å². The van der Waals surface area contributed by atoms with Crippen LogP contribution in [0.3, 0.4) is 0 Å². The standard InChI is InChI=1S/C28H37NO2S/c1-21-11-12-24(32-21)13-17-29-18-14-25-22(20-29)19-26(25)31-27(30)28(15-7-2-3-8-16-28)23-9-5-4-6-10-23/h4-6,9-12,22,25-26H,2-3,7-8,13-20H2,1H3/p+1. The van der Waals surface area contributed by atoms with E-state index in [0.29, 0.717) is 5.92 Å². The normalized spacial score (nSPS) is 29.4. The Morgan fingerprint density at radius 1 is 1.09 bits per heavy atom. The molecule has 2 aliphatic carbocycles. The molecule has 172 valence electrons. The summed E-state index contributed by atoms with van der Waals surface area (Å²) in [6.45, 7) is 5.92. The molecule has 32 heavy (non-hydrogen) atoms. The first-order valence-electron chi connectivity index (χ1n) is 12.8. The van der Waals surface area contributed by atoms with Gasteiger partial charge in [-0.15, -0.1) is 11.3 Å². The molecule has 4 unspecified atom stereocenters. The van der Waals surface area contributed by atoms with Crippen molar-refractivity contribution in [2.45, 2.75) is 76.2 Å². The maximum atomic E-state index is 13.7. The molecule has 3 aliphatic rings. The molecule has 1 aliphatic heterocycles. The van der Waals surface area contributed by atoms with Gasteiger partial charge in [-0.25, -0.2) is 0 Å². The van der Waals surface area contributed by atoms with Gasteiger partial charge in [0.1, 0.15) is 6.10 Å². The van der Waals surface area contributed by atoms with Crippen LogP contribution in [0.25, 0.3) is 0 Å². The summed E-state index contributed by atoms with van der Waals surface area (Å²) in [6.07, 6.45) is 10.2. The number of carbonyl (C=O) groups is 1. The molecular weight excluding hydrogens is 414 g/mol. The minimum Gasteiger partial charge on any atom is -0.461 e. The maximum absolute atomic E-state index is 13.7. The number of ether oxygens (including phenoxy) is 1. The van der Waals surface area contributed by atoms with Crippen molar-refractivity contribution in [2.75, 3.05) is 19.6 Å². The van der Waals surface area contributed by atoms with Crippen LogP contribution in [0, 0.1) is 18.8 Å². The lowest BCUT2D eigenvalue weighted by atomic mass is 9.66. The molecule has 0 amide bonds. The highest BCUT2D eigenvalue weighted by Crippen LogP contribution is 2.44. The number of rotatable bonds is 6. The predicted molar refractivity (Wildman–Crippen MR) is 130 cm³/mol. The SMILES string of the molecule is Cc1ccc(CC[NH+]2CCC3C(CC3OC(=O)C3(c4ccccc4)CCCCCC3)C2)s1. The summed E-state index contributed by atoms with van der Waals surface area (Å²) in [4.78, 5) is 18.3. The molecule has 2 heterocycles. The van der Waals surface area contributed by atoms with E-state index in [1.165, 1.54) is 60.6 Å². The largest absolute Gasteiger partial charge is 0.461 e. The summed E-state index contributed by atoms with van der Waals surface area (Å²) in [6, 6.07) is 15.0. The lowest BCUT2D eigenvalue weighted by Gasteiger charge is -2.49. The highest BCUT2D eigenvalue weighted by atomic mass is 32.1. The van der Waals surface area contributed by atoms with E-state index in [2.05, 4.69) is 43.3 Å². The number of benzene rings is 1. The third-order valence-corrected chi connectivity index (χ3v) is 9.51. The van der Waals surface area contributed by atoms with Gasteiger partial charge >= 0.3 is 5.97 Å². The van der Waals surface area contributed by atoms with Crippen LogP contribution in [-0.4, -0.2) is 31.7 Å². The smallest absolute Gasteiger partial charge is 0.316 e. The molecule has 3 nitrogen and oxygen atoms in total. The zero-order valence-electron chi connectivity index (χ0n) is 19.5. The number of esters is 1. The lowest BCUT2D eigenvalue weighted by Crippen LogP contribution is -3.14. The number of nitrogens with one attached hydrogen (secondary N) is 1. The van der Waals surface area contributed by atoms with Crippen LogP contribution in [-0.2, 0) is 21.4 Å². The van der Waals surface area contributed by atoms with Crippen molar-refractivity contribution < 1.29 is 14.4 Å². The quantitative estimate of drug-likeness (QED) is 0.507. The zero-order chi connectivity index (χ0) is 22.0. The second-order valence-electron chi connectivity index (χ2n) is 10.5. The fourth-order valence-corrected chi connectivity index (χ4v) is 7.38. The first-order chi connectivity index (χ1) is 15.6. The number of hydrogen-bond donors (Lipinski definition) is 1. The molecule has 4 atom stereocenters. The van der Waals surface area contributed by atoms with Crippen LogP contribution >= 0.6 is 11.3 Å². The molecule has 0 spiro atoms. The maximum Gasteiger partial charge on any atom is 0.316 e. The second-order valence-corrected chi connectivity index (χ2v) is 11.8. The Morgan fingerprint density at radius 3 is 2.56 bits per heavy atom. The Morgan fingerprint density at radius 2 is 1.88 bits per heavy atom. The van der Waals surface area contributed by atoms with Gasteiger partial charge in [-0.3, -0.25) is 4.79 Å². The van der Waals surface area contributed by atoms with Gasteiger partial charge in [0.25, 0.3) is 0 Å². The Hall–Kier alpha value is -1.65. The van der Waals surface area contributed by atoms with Crippen molar-refractivity contribution in [3.8, 4) is 0 Å². The molecule has 0 bridgehead atoms. The van der Waals surface area contributed by atoms with E-state index < -0.39 is 5.41 Å². The first kappa shape index (κ1) is 22.2. The zero-order valence-corrected chi connectivity index (χ0v) is 20.3. The topological polar surface area (TPSA) is 30.7 Å². The van der Waals surface area contributed by atoms with E-state index >= 15 is 0 Å². The average molecular weight is 453 g/mol. The van der Waals surface area contributed by atoms with Crippen LogP contribution in [0.5, 0.6) is 0 Å². The number of likely N-dealkylation sites (tertiary alicyclic amines) is 1. The van der Waals surface area contributed by atoms with Gasteiger partial charge in [-0.05, 0) is 43.9 Å². The van der Waals surface area contributed by atoms with Crippen LogP contribution in [0.1, 0.15) is 66.7 Å². The fourth-order valence-electron chi connectivity index (χ4n) is 6.49. The number of quaternary nitrogens is 1. The summed E-state index contributed by atoms with van der Waals surface area (Å²) >= 11 is 1.94. The number of carbonyl (C=O) groups excluding carboxylic acids is 1. The van der Waals surface area contributed by atoms with E-state index in [4.69, 9.17) is 4.74 Å². The van der Waals surface area contributed by atoms with E-state index in [-0.39, 0.29) is 12.1 Å². The van der Waals surface area contributed by atoms with E-state index in [0.717, 1.165) is 38.0 Å². The molecule has 0 radical (unpaired) electrons. The van der Waals surface area contributed by atoms with Crippen molar-refractivity contribution in [1.29, 1.82) is 0 Å². The molecule has 1 saturated heterocycles. The van der Waals surface area contributed by atoms with Crippen molar-refractivity contribution in [3.05, 3.63) is 57.8 Å². The van der Waals surface area contributed by atoms with Gasteiger partial charge in [0, 0.05) is 34.4 Å². The molecule has 4 heteroatoms. The predicted octanol–water partition coefficient (Wildman–Crippen LogP) is 4.73. The number of thiophene rings is 1. The molecular formula is C28H38NO2S+. The third kappa shape index (κ3) is 4.54. The highest BCUT2D eigenvalue weighted by molar-refractivity contribution is 7.11. The number of aryl methyl sites for hydroxylation is 1. The van der Waals surface area contributed by atoms with E-state index in [1.54, 1.807) is 4.90 Å². The van der Waals surface area contributed by atoms with Crippen molar-refractivity contribution in [1.82, 2.24) is 0 Å². The number of piperidine rings is 1. The van der Waals surface area contributed by atoms with Gasteiger partial charge in [0.2, 0.25) is 0 Å². The van der Waals surface area contributed by atoms with Crippen LogP contribution in [0.2, 0.25) is 0 Å². The third-order valence-electron chi connectivity index (χ3n) is 8.45. The molecule has 2 aromatic rings. The van der Waals surface area contributed by atoms with Crippen molar-refractivity contribution >= 4 is 17.3 Å². The number of hydrogen-bond acceptors (Lipinski definition) is 3. The van der Waals surface area contributed by atoms with Gasteiger partial charge in [0.15, 0.2) is 0 Å². The van der Waals surface area contributed by atoms with E-state index in [9.17, 15) is 4.79 Å². The Balaban J connectivity index is 1.18. The van der Waals surface area contributed by atoms with Gasteiger partial charge in [-0.1, -0.05) is 56.0 Å². The second kappa shape index (κ2) is 9.69. The van der Waals surface area contributed by atoms with Crippen molar-refractivity contribution in [3.63, 3.8) is 0 Å². The minimum atomic E-state index is -0.423. The Labute approximate surface area is 197 Å². The summed E-state index contributed by atoms with van der Waals surface area (Å²) in [5.74, 6) is 1.39. The summed E-state index contributed by atoms with van der Waals surface area (Å²) in [5, 5.41) is 0. The average Bonchev–Trinajstić information content (AvgIpc) is 3.06. The van der Waals surface area contributed by atoms with Gasteiger partial charge in [-0.2, -0.15) is 0 Å². The van der Waals surface area contributed by atoms with E-state index in [1.807, 2.05) is 17.4 Å². The first-order valence-corrected chi connectivity index (χ1v) is 13.6. The molecule has 3 fully saturated rings. The van der Waals surface area contributed by atoms with Gasteiger partial charge < -0.3 is 9.64 Å². The van der Waals surface area contributed by atoms with Gasteiger partial charge in [0.05, 0.1) is 25.0 Å². The summed E-state index contributed by atoms with van der Waals surface area (Å²) in [7, 11) is 0. The Bertz CT molecular complexity index is 899. The molecule has 1 aromatic carbocycles.